The third-order valence-corrected chi connectivity index (χ3v) is 14.7. The van der Waals surface area contributed by atoms with Gasteiger partial charge >= 0.3 is 0 Å². The number of fused-ring (bicyclic) bond motifs is 11. The lowest BCUT2D eigenvalue weighted by molar-refractivity contribution is 0.660. The Morgan fingerprint density at radius 1 is 0.354 bits per heavy atom. The number of aromatic nitrogens is 1. The summed E-state index contributed by atoms with van der Waals surface area (Å²) in [5.74, 6) is 0. The summed E-state index contributed by atoms with van der Waals surface area (Å²) < 4.78 is 2.53. The van der Waals surface area contributed by atoms with Gasteiger partial charge in [-0.05, 0) is 138 Å². The van der Waals surface area contributed by atoms with Gasteiger partial charge in [0.05, 0.1) is 11.0 Å². The molecule has 0 bridgehead atoms. The van der Waals surface area contributed by atoms with E-state index in [0.29, 0.717) is 0 Å². The molecule has 0 unspecified atom stereocenters. The van der Waals surface area contributed by atoms with Crippen LogP contribution in [0, 0.1) is 0 Å². The van der Waals surface area contributed by atoms with Gasteiger partial charge in [0, 0.05) is 49.7 Å². The van der Waals surface area contributed by atoms with Crippen molar-refractivity contribution in [2.45, 2.75) is 19.3 Å². The number of rotatable bonds is 5. The van der Waals surface area contributed by atoms with Crippen LogP contribution in [0.5, 0.6) is 0 Å². The molecule has 304 valence electrons. The molecule has 65 heavy (non-hydrogen) atoms. The molecule has 0 radical (unpaired) electrons. The predicted octanol–water partition coefficient (Wildman–Crippen LogP) is 17.3. The van der Waals surface area contributed by atoms with Crippen LogP contribution in [0.25, 0.3) is 104 Å². The third-order valence-electron chi connectivity index (χ3n) is 14.7. The first-order chi connectivity index (χ1) is 32.0. The van der Waals surface area contributed by atoms with Gasteiger partial charge in [0.2, 0.25) is 0 Å². The van der Waals surface area contributed by atoms with Crippen molar-refractivity contribution in [2.24, 2.45) is 0 Å². The Hall–Kier alpha value is -8.20. The Morgan fingerprint density at radius 2 is 0.938 bits per heavy atom. The van der Waals surface area contributed by atoms with Crippen molar-refractivity contribution in [3.05, 3.63) is 230 Å². The molecule has 1 heterocycles. The molecule has 0 saturated carbocycles. The maximum Gasteiger partial charge on any atom is 0.0626 e. The van der Waals surface area contributed by atoms with Crippen LogP contribution in [0.4, 0.5) is 17.1 Å². The summed E-state index contributed by atoms with van der Waals surface area (Å²) >= 11 is 0. The van der Waals surface area contributed by atoms with E-state index >= 15 is 0 Å². The molecule has 0 amide bonds. The average Bonchev–Trinajstić information content (AvgIpc) is 3.79. The van der Waals surface area contributed by atoms with Crippen LogP contribution in [0.1, 0.15) is 25.0 Å². The van der Waals surface area contributed by atoms with Gasteiger partial charge in [0.15, 0.2) is 0 Å². The Labute approximate surface area is 377 Å². The Morgan fingerprint density at radius 3 is 1.72 bits per heavy atom. The fourth-order valence-corrected chi connectivity index (χ4v) is 11.8. The molecule has 2 heteroatoms. The van der Waals surface area contributed by atoms with Gasteiger partial charge in [-0.15, -0.1) is 0 Å². The number of hydrogen-bond acceptors (Lipinski definition) is 1. The standard InChI is InChI=1S/C63H42N2/c1-63(2)55-25-13-12-21-49(55)50-36-35-45(38-56(50)63)64(42-16-4-3-5-17-42)43-31-27-39(28-32-43)40-29-33-44(34-30-40)65-57-26-14-24-51-47-19-8-9-20-48(47)54-37-41-15-6-7-18-46(41)58-52-22-10-11-23-53(52)62(65)61(59(51)57)60(54)58/h3-38H,1-2H3. The lowest BCUT2D eigenvalue weighted by Crippen LogP contribution is -2.16. The van der Waals surface area contributed by atoms with Gasteiger partial charge < -0.3 is 9.47 Å². The molecule has 11 aromatic carbocycles. The molecule has 2 aliphatic carbocycles. The van der Waals surface area contributed by atoms with Crippen LogP contribution < -0.4 is 4.90 Å². The highest BCUT2D eigenvalue weighted by atomic mass is 15.1. The maximum atomic E-state index is 2.53. The van der Waals surface area contributed by atoms with Crippen molar-refractivity contribution in [1.29, 1.82) is 0 Å². The van der Waals surface area contributed by atoms with E-state index in [-0.39, 0.29) is 5.41 Å². The smallest absolute Gasteiger partial charge is 0.0626 e. The fourth-order valence-electron chi connectivity index (χ4n) is 11.8. The van der Waals surface area contributed by atoms with E-state index in [9.17, 15) is 0 Å². The highest BCUT2D eigenvalue weighted by Crippen LogP contribution is 2.54. The normalized spacial score (nSPS) is 13.2. The third kappa shape index (κ3) is 5.05. The summed E-state index contributed by atoms with van der Waals surface area (Å²) in [5.41, 5.74) is 19.9. The molecule has 0 aliphatic heterocycles. The van der Waals surface area contributed by atoms with Gasteiger partial charge in [-0.1, -0.05) is 172 Å². The zero-order valence-electron chi connectivity index (χ0n) is 36.2. The summed E-state index contributed by atoms with van der Waals surface area (Å²) in [7, 11) is 0. The van der Waals surface area contributed by atoms with Gasteiger partial charge in [0.25, 0.3) is 0 Å². The van der Waals surface area contributed by atoms with E-state index in [1.165, 1.54) is 110 Å². The Kier molecular flexibility index (Phi) is 7.49. The summed E-state index contributed by atoms with van der Waals surface area (Å²) in [6.45, 7) is 4.70. The van der Waals surface area contributed by atoms with Crippen LogP contribution >= 0.6 is 0 Å². The van der Waals surface area contributed by atoms with E-state index < -0.39 is 0 Å². The van der Waals surface area contributed by atoms with Crippen LogP contribution in [-0.2, 0) is 5.41 Å². The van der Waals surface area contributed by atoms with E-state index in [1.807, 2.05) is 0 Å². The van der Waals surface area contributed by atoms with Crippen LogP contribution in [-0.4, -0.2) is 4.57 Å². The second-order valence-corrected chi connectivity index (χ2v) is 18.4. The van der Waals surface area contributed by atoms with Gasteiger partial charge in [-0.3, -0.25) is 0 Å². The second-order valence-electron chi connectivity index (χ2n) is 18.4. The van der Waals surface area contributed by atoms with Crippen molar-refractivity contribution in [3.63, 3.8) is 0 Å². The highest BCUT2D eigenvalue weighted by molar-refractivity contribution is 6.41. The SMILES string of the molecule is CC1(C)c2ccccc2-c2ccc(N(c3ccccc3)c3ccc(-c4ccc(-n5c6cccc7c6c6c8c(cc9ccccc9c8c8ccccc8c65)-c5ccccc5-7)cc4)cc3)cc21. The van der Waals surface area contributed by atoms with Gasteiger partial charge in [0.1, 0.15) is 0 Å². The zero-order valence-corrected chi connectivity index (χ0v) is 36.2. The van der Waals surface area contributed by atoms with Crippen LogP contribution in [0.15, 0.2) is 218 Å². The fraction of sp³-hybridized carbons (Fsp3) is 0.0476. The zero-order chi connectivity index (χ0) is 43.0. The highest BCUT2D eigenvalue weighted by Gasteiger charge is 2.36. The van der Waals surface area contributed by atoms with Crippen molar-refractivity contribution >= 4 is 71.2 Å². The minimum atomic E-state index is -0.0819. The number of hydrogen-bond donors (Lipinski definition) is 0. The molecule has 0 saturated heterocycles. The monoisotopic (exact) mass is 826 g/mol. The largest absolute Gasteiger partial charge is 0.310 e. The van der Waals surface area contributed by atoms with Crippen LogP contribution in [0.2, 0.25) is 0 Å². The Balaban J connectivity index is 0.915. The van der Waals surface area contributed by atoms with Gasteiger partial charge in [-0.25, -0.2) is 0 Å². The predicted molar refractivity (Wildman–Crippen MR) is 275 cm³/mol. The lowest BCUT2D eigenvalue weighted by Gasteiger charge is -2.28. The second kappa shape index (κ2) is 13.4. The van der Waals surface area contributed by atoms with Gasteiger partial charge in [-0.2, -0.15) is 0 Å². The summed E-state index contributed by atoms with van der Waals surface area (Å²) in [6.07, 6.45) is 0. The molecule has 2 aliphatic rings. The van der Waals surface area contributed by atoms with E-state index in [4.69, 9.17) is 0 Å². The first-order valence-corrected chi connectivity index (χ1v) is 22.8. The summed E-state index contributed by atoms with van der Waals surface area (Å²) in [4.78, 5) is 2.39. The minimum absolute atomic E-state index is 0.0819. The molecule has 2 nitrogen and oxygen atoms in total. The minimum Gasteiger partial charge on any atom is -0.310 e. The number of nitrogens with zero attached hydrogens (tertiary/aromatic N) is 2. The molecule has 14 rings (SSSR count). The topological polar surface area (TPSA) is 8.17 Å². The molecule has 0 fully saturated rings. The van der Waals surface area contributed by atoms with Crippen molar-refractivity contribution in [1.82, 2.24) is 4.57 Å². The number of para-hydroxylation sites is 1. The number of benzene rings is 11. The maximum absolute atomic E-state index is 2.53. The number of anilines is 3. The quantitative estimate of drug-likeness (QED) is 0.157. The molecule has 0 N–H and O–H groups in total. The first-order valence-electron chi connectivity index (χ1n) is 22.8. The lowest BCUT2D eigenvalue weighted by atomic mass is 9.82. The summed E-state index contributed by atoms with van der Waals surface area (Å²) in [5, 5.41) is 10.4. The molecule has 12 aromatic rings. The van der Waals surface area contributed by atoms with E-state index in [1.54, 1.807) is 0 Å². The van der Waals surface area contributed by atoms with Crippen molar-refractivity contribution in [3.8, 4) is 50.2 Å². The molecule has 0 spiro atoms. The average molecular weight is 827 g/mol. The molecule has 0 atom stereocenters. The van der Waals surface area contributed by atoms with Crippen molar-refractivity contribution < 1.29 is 0 Å². The molecule has 1 aromatic heterocycles. The Bertz CT molecular complexity index is 3950. The summed E-state index contributed by atoms with van der Waals surface area (Å²) in [6, 6.07) is 81.2. The molecular weight excluding hydrogens is 785 g/mol. The van der Waals surface area contributed by atoms with Crippen molar-refractivity contribution in [2.75, 3.05) is 4.90 Å². The van der Waals surface area contributed by atoms with E-state index in [0.717, 1.165) is 22.7 Å². The van der Waals surface area contributed by atoms with Crippen LogP contribution in [0.3, 0.4) is 0 Å². The first kappa shape index (κ1) is 36.3. The van der Waals surface area contributed by atoms with E-state index in [2.05, 4.69) is 242 Å². The molecular formula is C63H42N2.